The minimum absolute atomic E-state index is 0.516. The third-order valence-corrected chi connectivity index (χ3v) is 7.18. The van der Waals surface area contributed by atoms with Crippen LogP contribution >= 0.6 is 0 Å². The number of allylic oxidation sites excluding steroid dienone is 2. The quantitative estimate of drug-likeness (QED) is 0.336. The molecule has 0 nitrogen and oxygen atoms in total. The molecular weight excluding hydrogens is 362 g/mol. The largest absolute Gasteiger partial charge is 0.204 e. The molecule has 2 heteroatoms. The van der Waals surface area contributed by atoms with Crippen LogP contribution in [0, 0.1) is 47.1 Å². The topological polar surface area (TPSA) is 0 Å². The first-order valence-electron chi connectivity index (χ1n) is 11.8. The SMILES string of the molecule is CCCCCC1CCC(C2CCC(/C=C/C#Cc3ccc(F)c(F)c3)CC2)CC1. The second-order valence-corrected chi connectivity index (χ2v) is 9.21. The third kappa shape index (κ3) is 6.98. The molecule has 0 N–H and O–H groups in total. The van der Waals surface area contributed by atoms with Crippen LogP contribution in [-0.4, -0.2) is 0 Å². The summed E-state index contributed by atoms with van der Waals surface area (Å²) in [5.41, 5.74) is 0.516. The highest BCUT2D eigenvalue weighted by molar-refractivity contribution is 5.37. The van der Waals surface area contributed by atoms with E-state index in [-0.39, 0.29) is 0 Å². The molecule has 0 heterocycles. The Kier molecular flexibility index (Phi) is 8.78. The molecule has 0 aliphatic heterocycles. The molecule has 0 spiro atoms. The summed E-state index contributed by atoms with van der Waals surface area (Å²) in [5.74, 6) is 7.73. The van der Waals surface area contributed by atoms with Crippen LogP contribution in [0.3, 0.4) is 0 Å². The number of hydrogen-bond donors (Lipinski definition) is 0. The predicted molar refractivity (Wildman–Crippen MR) is 117 cm³/mol. The van der Waals surface area contributed by atoms with E-state index >= 15 is 0 Å². The van der Waals surface area contributed by atoms with Crippen molar-refractivity contribution in [3.8, 4) is 11.8 Å². The Hall–Kier alpha value is -1.62. The lowest BCUT2D eigenvalue weighted by atomic mass is 9.68. The zero-order valence-electron chi connectivity index (χ0n) is 17.9. The second-order valence-electron chi connectivity index (χ2n) is 9.21. The summed E-state index contributed by atoms with van der Waals surface area (Å²) in [4.78, 5) is 0. The van der Waals surface area contributed by atoms with Crippen molar-refractivity contribution < 1.29 is 8.78 Å². The van der Waals surface area contributed by atoms with Crippen LogP contribution in [-0.2, 0) is 0 Å². The lowest BCUT2D eigenvalue weighted by Gasteiger charge is -2.37. The fraction of sp³-hybridized carbons (Fsp3) is 0.630. The standard InChI is InChI=1S/C27H36F2/c1-2-3-4-7-21-10-15-24(16-11-21)25-17-12-22(13-18-25)8-5-6-9-23-14-19-26(28)27(29)20-23/h5,8,14,19-22,24-25H,2-4,7,10-13,15-18H2,1H3/b8-5+. The second kappa shape index (κ2) is 11.5. The minimum Gasteiger partial charge on any atom is -0.204 e. The summed E-state index contributed by atoms with van der Waals surface area (Å²) in [6, 6.07) is 3.80. The number of halogens is 2. The van der Waals surface area contributed by atoms with Gasteiger partial charge in [-0.1, -0.05) is 63.4 Å². The van der Waals surface area contributed by atoms with Gasteiger partial charge in [0.2, 0.25) is 0 Å². The van der Waals surface area contributed by atoms with Gasteiger partial charge in [0.25, 0.3) is 0 Å². The summed E-state index contributed by atoms with van der Waals surface area (Å²) in [7, 11) is 0. The molecule has 0 bridgehead atoms. The van der Waals surface area contributed by atoms with E-state index < -0.39 is 11.6 Å². The summed E-state index contributed by atoms with van der Waals surface area (Å²) >= 11 is 0. The number of rotatable bonds is 6. The lowest BCUT2D eigenvalue weighted by molar-refractivity contribution is 0.151. The van der Waals surface area contributed by atoms with Crippen molar-refractivity contribution in [1.29, 1.82) is 0 Å². The Morgan fingerprint density at radius 2 is 1.59 bits per heavy atom. The zero-order valence-corrected chi connectivity index (χ0v) is 17.9. The van der Waals surface area contributed by atoms with E-state index in [1.807, 2.05) is 6.08 Å². The van der Waals surface area contributed by atoms with E-state index in [1.165, 1.54) is 83.1 Å². The molecule has 0 aromatic heterocycles. The van der Waals surface area contributed by atoms with Gasteiger partial charge >= 0.3 is 0 Å². The van der Waals surface area contributed by atoms with E-state index in [1.54, 1.807) is 0 Å². The average Bonchev–Trinajstić information content (AvgIpc) is 2.75. The Morgan fingerprint density at radius 1 is 0.897 bits per heavy atom. The van der Waals surface area contributed by atoms with Crippen molar-refractivity contribution in [2.24, 2.45) is 23.7 Å². The fourth-order valence-electron chi connectivity index (χ4n) is 5.32. The van der Waals surface area contributed by atoms with Gasteiger partial charge in [-0.15, -0.1) is 0 Å². The summed E-state index contributed by atoms with van der Waals surface area (Å²) < 4.78 is 26.1. The maximum absolute atomic E-state index is 13.2. The van der Waals surface area contributed by atoms with E-state index in [4.69, 9.17) is 0 Å². The smallest absolute Gasteiger partial charge is 0.160 e. The van der Waals surface area contributed by atoms with Gasteiger partial charge in [0.1, 0.15) is 0 Å². The van der Waals surface area contributed by atoms with Gasteiger partial charge in [0, 0.05) is 5.56 Å². The van der Waals surface area contributed by atoms with E-state index in [0.717, 1.165) is 29.9 Å². The summed E-state index contributed by atoms with van der Waals surface area (Å²) in [6.45, 7) is 2.29. The van der Waals surface area contributed by atoms with E-state index in [2.05, 4.69) is 24.8 Å². The maximum atomic E-state index is 13.2. The Bertz CT molecular complexity index is 708. The highest BCUT2D eigenvalue weighted by Gasteiger charge is 2.30. The predicted octanol–water partition coefficient (Wildman–Crippen LogP) is 8.07. The number of benzene rings is 1. The van der Waals surface area contributed by atoms with Gasteiger partial charge in [-0.2, -0.15) is 0 Å². The first-order valence-corrected chi connectivity index (χ1v) is 11.8. The minimum atomic E-state index is -0.839. The molecule has 1 aromatic carbocycles. The molecule has 29 heavy (non-hydrogen) atoms. The Labute approximate surface area is 176 Å². The van der Waals surface area contributed by atoms with Crippen molar-refractivity contribution >= 4 is 0 Å². The summed E-state index contributed by atoms with van der Waals surface area (Å²) in [5, 5.41) is 0. The fourth-order valence-corrected chi connectivity index (χ4v) is 5.32. The van der Waals surface area contributed by atoms with Crippen molar-refractivity contribution in [1.82, 2.24) is 0 Å². The van der Waals surface area contributed by atoms with Crippen molar-refractivity contribution in [3.63, 3.8) is 0 Å². The molecule has 2 saturated carbocycles. The van der Waals surface area contributed by atoms with Crippen LogP contribution in [0.25, 0.3) is 0 Å². The molecular formula is C27H36F2. The molecule has 158 valence electrons. The molecule has 2 fully saturated rings. The highest BCUT2D eigenvalue weighted by Crippen LogP contribution is 2.42. The molecule has 3 rings (SSSR count). The number of hydrogen-bond acceptors (Lipinski definition) is 0. The van der Waals surface area contributed by atoms with Crippen LogP contribution in [0.5, 0.6) is 0 Å². The van der Waals surface area contributed by atoms with Gasteiger partial charge in [-0.25, -0.2) is 8.78 Å². The Balaban J connectivity index is 1.37. The van der Waals surface area contributed by atoms with E-state index in [0.29, 0.717) is 11.5 Å². The monoisotopic (exact) mass is 398 g/mol. The first kappa shape index (κ1) is 22.1. The van der Waals surface area contributed by atoms with Crippen LogP contribution in [0.4, 0.5) is 8.78 Å². The maximum Gasteiger partial charge on any atom is 0.160 e. The molecule has 0 radical (unpaired) electrons. The van der Waals surface area contributed by atoms with Gasteiger partial charge in [0.05, 0.1) is 0 Å². The van der Waals surface area contributed by atoms with Gasteiger partial charge in [0.15, 0.2) is 11.6 Å². The number of unbranched alkanes of at least 4 members (excludes halogenated alkanes) is 2. The normalized spacial score (nSPS) is 27.6. The third-order valence-electron chi connectivity index (χ3n) is 7.18. The van der Waals surface area contributed by atoms with Gasteiger partial charge in [-0.3, -0.25) is 0 Å². The zero-order chi connectivity index (χ0) is 20.5. The molecule has 0 amide bonds. The molecule has 1 aromatic rings. The molecule has 2 aliphatic carbocycles. The van der Waals surface area contributed by atoms with Crippen molar-refractivity contribution in [2.45, 2.75) is 84.0 Å². The molecule has 0 saturated heterocycles. The average molecular weight is 399 g/mol. The molecule has 2 aliphatic rings. The van der Waals surface area contributed by atoms with Crippen molar-refractivity contribution in [3.05, 3.63) is 47.5 Å². The lowest BCUT2D eigenvalue weighted by Crippen LogP contribution is -2.25. The molecule has 0 atom stereocenters. The summed E-state index contributed by atoms with van der Waals surface area (Å²) in [6.07, 6.45) is 20.9. The van der Waals surface area contributed by atoms with Gasteiger partial charge < -0.3 is 0 Å². The first-order chi connectivity index (χ1) is 14.2. The molecule has 0 unspecified atom stereocenters. The van der Waals surface area contributed by atoms with Gasteiger partial charge in [-0.05, 0) is 86.5 Å². The van der Waals surface area contributed by atoms with Crippen LogP contribution in [0.1, 0.15) is 89.5 Å². The Morgan fingerprint density at radius 3 is 2.24 bits per heavy atom. The van der Waals surface area contributed by atoms with Crippen LogP contribution < -0.4 is 0 Å². The van der Waals surface area contributed by atoms with Crippen LogP contribution in [0.15, 0.2) is 30.4 Å². The van der Waals surface area contributed by atoms with E-state index in [9.17, 15) is 8.78 Å². The highest BCUT2D eigenvalue weighted by atomic mass is 19.2. The van der Waals surface area contributed by atoms with Crippen molar-refractivity contribution in [2.75, 3.05) is 0 Å². The van der Waals surface area contributed by atoms with Crippen LogP contribution in [0.2, 0.25) is 0 Å².